The van der Waals surface area contributed by atoms with Gasteiger partial charge in [-0.3, -0.25) is 9.59 Å². The topological polar surface area (TPSA) is 43.0 Å². The predicted octanol–water partition coefficient (Wildman–Crippen LogP) is 4.34. The lowest BCUT2D eigenvalue weighted by molar-refractivity contribution is -0.664. The highest BCUT2D eigenvalue weighted by Gasteiger charge is 2.25. The smallest absolute Gasteiger partial charge is 0.255 e. The predicted molar refractivity (Wildman–Crippen MR) is 159 cm³/mol. The molecule has 202 valence electrons. The molecular weight excluding hydrogens is 572 g/mol. The van der Waals surface area contributed by atoms with Crippen LogP contribution in [0.3, 0.4) is 0 Å². The highest BCUT2D eigenvalue weighted by Crippen LogP contribution is 2.22. The van der Waals surface area contributed by atoms with Gasteiger partial charge in [-0.25, -0.2) is 9.13 Å². The number of hydrogen-bond donors (Lipinski definition) is 0. The van der Waals surface area contributed by atoms with Crippen molar-refractivity contribution in [2.24, 2.45) is 0 Å². The van der Waals surface area contributed by atoms with Gasteiger partial charge >= 0.3 is 0 Å². The summed E-state index contributed by atoms with van der Waals surface area (Å²) in [6, 6.07) is 43.7. The van der Waals surface area contributed by atoms with E-state index >= 15 is 0 Å². The molecule has 0 saturated heterocycles. The lowest BCUT2D eigenvalue weighted by atomic mass is 10.0. The van der Waals surface area contributed by atoms with Gasteiger partial charge in [0.1, 0.15) is 0 Å². The first-order valence-corrected chi connectivity index (χ1v) is 13.4. The Kier molecular flexibility index (Phi) is 8.37. The van der Waals surface area contributed by atoms with E-state index in [0.29, 0.717) is 11.1 Å². The number of nitrogens with zero attached hydrogens (tertiary/aromatic N) is 2. The first-order valence-electron chi connectivity index (χ1n) is 13.4. The van der Waals surface area contributed by atoms with Crippen molar-refractivity contribution in [3.8, 4) is 22.3 Å². The van der Waals surface area contributed by atoms with Gasteiger partial charge in [0, 0.05) is 18.1 Å². The van der Waals surface area contributed by atoms with Gasteiger partial charge in [0.25, 0.3) is 5.82 Å². The minimum atomic E-state index is 0. The molecule has 0 radical (unpaired) electrons. The van der Waals surface area contributed by atoms with Gasteiger partial charge in [-0.1, -0.05) is 121 Å². The van der Waals surface area contributed by atoms with E-state index in [2.05, 4.69) is 24.3 Å². The number of para-hydroxylation sites is 2. The summed E-state index contributed by atoms with van der Waals surface area (Å²) in [6.45, 7) is 2.37. The van der Waals surface area contributed by atoms with Gasteiger partial charge in [-0.15, -0.1) is 0 Å². The van der Waals surface area contributed by atoms with Crippen molar-refractivity contribution >= 4 is 22.6 Å². The molecule has 0 spiro atoms. The number of hydrogen-bond acceptors (Lipinski definition) is 2. The number of aromatic nitrogens is 2. The molecule has 0 aliphatic rings. The molecule has 0 unspecified atom stereocenters. The minimum Gasteiger partial charge on any atom is -1.00 e. The number of carbonyl (C=O) groups is 2. The number of rotatable bonds is 8. The lowest BCUT2D eigenvalue weighted by Gasteiger charge is -2.05. The highest BCUT2D eigenvalue weighted by molar-refractivity contribution is 5.97. The van der Waals surface area contributed by atoms with Crippen LogP contribution in [0.2, 0.25) is 0 Å². The molecule has 0 aliphatic carbocycles. The summed E-state index contributed by atoms with van der Waals surface area (Å²) in [5.41, 5.74) is 7.59. The van der Waals surface area contributed by atoms with Gasteiger partial charge in [0.05, 0.1) is 0 Å². The monoisotopic (exact) mass is 600 g/mol. The Balaban J connectivity index is 0.00000337. The molecule has 0 aliphatic heterocycles. The van der Waals surface area contributed by atoms with Gasteiger partial charge in [-0.05, 0) is 34.4 Å². The van der Waals surface area contributed by atoms with Crippen LogP contribution in [0.4, 0.5) is 0 Å². The fraction of sp³-hybridized carbons (Fsp3) is 0.0833. The van der Waals surface area contributed by atoms with Gasteiger partial charge < -0.3 is 17.0 Å². The second kappa shape index (κ2) is 12.3. The van der Waals surface area contributed by atoms with E-state index in [1.54, 1.807) is 0 Å². The number of Topliss-reactive ketones (excluding diaryl/α,β-unsaturated/α-hetero) is 2. The van der Waals surface area contributed by atoms with E-state index in [9.17, 15) is 9.59 Å². The Hall–Kier alpha value is -4.61. The number of halogens is 1. The van der Waals surface area contributed by atoms with Crippen molar-refractivity contribution in [2.75, 3.05) is 0 Å². The van der Waals surface area contributed by atoms with Gasteiger partial charge in [0.15, 0.2) is 24.1 Å². The number of imidazole rings is 1. The molecule has 6 rings (SSSR count). The van der Waals surface area contributed by atoms with E-state index in [0.717, 1.165) is 39.1 Å². The molecule has 0 bridgehead atoms. The van der Waals surface area contributed by atoms with Crippen LogP contribution >= 0.6 is 0 Å². The van der Waals surface area contributed by atoms with Crippen molar-refractivity contribution in [3.63, 3.8) is 0 Å². The number of ketones is 2. The molecule has 1 aromatic heterocycles. The summed E-state index contributed by atoms with van der Waals surface area (Å²) in [4.78, 5) is 26.7. The van der Waals surface area contributed by atoms with Crippen molar-refractivity contribution in [1.82, 2.24) is 4.57 Å². The van der Waals surface area contributed by atoms with Crippen LogP contribution < -0.4 is 21.5 Å². The maximum atomic E-state index is 13.4. The highest BCUT2D eigenvalue weighted by atomic mass is 79.9. The maximum Gasteiger partial charge on any atom is 0.255 e. The number of carbonyl (C=O) groups excluding carboxylic acids is 2. The zero-order valence-corrected chi connectivity index (χ0v) is 24.3. The van der Waals surface area contributed by atoms with E-state index in [1.807, 2.05) is 125 Å². The largest absolute Gasteiger partial charge is 1.00 e. The van der Waals surface area contributed by atoms with Crippen LogP contribution in [-0.4, -0.2) is 16.1 Å². The zero-order valence-electron chi connectivity index (χ0n) is 22.7. The summed E-state index contributed by atoms with van der Waals surface area (Å²) in [6.07, 6.45) is 0. The van der Waals surface area contributed by atoms with E-state index in [4.69, 9.17) is 0 Å². The Morgan fingerprint density at radius 1 is 0.561 bits per heavy atom. The zero-order chi connectivity index (χ0) is 27.5. The molecule has 5 aromatic carbocycles. The summed E-state index contributed by atoms with van der Waals surface area (Å²) in [7, 11) is 0. The number of fused-ring (bicyclic) bond motifs is 1. The summed E-state index contributed by atoms with van der Waals surface area (Å²) >= 11 is 0. The van der Waals surface area contributed by atoms with Gasteiger partial charge in [-0.2, -0.15) is 0 Å². The lowest BCUT2D eigenvalue weighted by Crippen LogP contribution is -3.00. The average Bonchev–Trinajstić information content (AvgIpc) is 3.28. The molecule has 6 aromatic rings. The molecule has 0 atom stereocenters. The Bertz CT molecular complexity index is 1670. The first-order chi connectivity index (χ1) is 19.6. The Labute approximate surface area is 250 Å². The second-order valence-corrected chi connectivity index (χ2v) is 9.94. The molecule has 0 amide bonds. The summed E-state index contributed by atoms with van der Waals surface area (Å²) in [5.74, 6) is 0.918. The van der Waals surface area contributed by atoms with Crippen LogP contribution in [0.15, 0.2) is 133 Å². The summed E-state index contributed by atoms with van der Waals surface area (Å²) < 4.78 is 4.02. The van der Waals surface area contributed by atoms with Crippen LogP contribution in [0, 0.1) is 6.92 Å². The first kappa shape index (κ1) is 27.9. The molecule has 0 saturated carbocycles. The van der Waals surface area contributed by atoms with E-state index in [-0.39, 0.29) is 41.6 Å². The molecular formula is C36H29BrN2O2. The van der Waals surface area contributed by atoms with Crippen LogP contribution in [0.25, 0.3) is 33.3 Å². The fourth-order valence-electron chi connectivity index (χ4n) is 5.24. The van der Waals surface area contributed by atoms with E-state index < -0.39 is 0 Å². The van der Waals surface area contributed by atoms with E-state index in [1.165, 1.54) is 0 Å². The molecule has 4 nitrogen and oxygen atoms in total. The molecule has 5 heteroatoms. The normalized spacial score (nSPS) is 10.8. The Morgan fingerprint density at radius 3 is 1.54 bits per heavy atom. The quantitative estimate of drug-likeness (QED) is 0.193. The van der Waals surface area contributed by atoms with Crippen molar-refractivity contribution in [1.29, 1.82) is 0 Å². The third kappa shape index (κ3) is 5.81. The van der Waals surface area contributed by atoms with Crippen molar-refractivity contribution in [2.45, 2.75) is 20.0 Å². The van der Waals surface area contributed by atoms with Crippen molar-refractivity contribution in [3.05, 3.63) is 150 Å². The molecule has 41 heavy (non-hydrogen) atoms. The molecule has 0 fully saturated rings. The van der Waals surface area contributed by atoms with Gasteiger partial charge in [0.2, 0.25) is 11.6 Å². The molecule has 0 N–H and O–H groups in total. The van der Waals surface area contributed by atoms with Crippen LogP contribution in [0.1, 0.15) is 26.5 Å². The van der Waals surface area contributed by atoms with Crippen LogP contribution in [0.5, 0.6) is 0 Å². The van der Waals surface area contributed by atoms with Crippen molar-refractivity contribution < 1.29 is 31.1 Å². The molecule has 1 heterocycles. The summed E-state index contributed by atoms with van der Waals surface area (Å²) in [5, 5.41) is 0. The second-order valence-electron chi connectivity index (χ2n) is 9.94. The van der Waals surface area contributed by atoms with Crippen LogP contribution in [-0.2, 0) is 13.1 Å². The maximum absolute atomic E-state index is 13.4. The standard InChI is InChI=1S/C36H29N2O2.BrH/c1-26-37(24-35(39)31-20-16-29(17-21-31)27-10-4-2-5-11-27)33-14-8-9-15-34(33)38(26)25-36(40)32-22-18-30(19-23-32)28-12-6-3-7-13-28;/h2-23H,24-25H2,1H3;1H/q+1;/p-1. The Morgan fingerprint density at radius 2 is 1.00 bits per heavy atom. The minimum absolute atomic E-state index is 0. The fourth-order valence-corrected chi connectivity index (χ4v) is 5.24. The average molecular weight is 602 g/mol. The number of benzene rings is 5. The SMILES string of the molecule is Cc1n(CC(=O)c2ccc(-c3ccccc3)cc2)c2ccccc2[n+]1CC(=O)c1ccc(-c2ccccc2)cc1.[Br-]. The third-order valence-electron chi connectivity index (χ3n) is 7.48. The third-order valence-corrected chi connectivity index (χ3v) is 7.48.